The SMILES string of the molecule is Cc1ccc(C)n1-c1cccc(N2CC(CS(=O)(=O)Cl)CC2=O)c1. The summed E-state index contributed by atoms with van der Waals surface area (Å²) in [5, 5.41) is 0. The third-order valence-electron chi connectivity index (χ3n) is 4.31. The van der Waals surface area contributed by atoms with Crippen LogP contribution in [0.3, 0.4) is 0 Å². The molecular weight excluding hydrogens is 348 g/mol. The molecule has 2 heterocycles. The molecule has 1 amide bonds. The third kappa shape index (κ3) is 3.49. The van der Waals surface area contributed by atoms with Crippen molar-refractivity contribution in [1.82, 2.24) is 4.57 Å². The van der Waals surface area contributed by atoms with Crippen molar-refractivity contribution in [2.45, 2.75) is 20.3 Å². The summed E-state index contributed by atoms with van der Waals surface area (Å²) in [6.07, 6.45) is 0.206. The van der Waals surface area contributed by atoms with Crippen LogP contribution < -0.4 is 4.90 Å². The van der Waals surface area contributed by atoms with E-state index in [1.165, 1.54) is 0 Å². The Morgan fingerprint density at radius 1 is 1.12 bits per heavy atom. The molecule has 128 valence electrons. The van der Waals surface area contributed by atoms with E-state index >= 15 is 0 Å². The Hall–Kier alpha value is -1.79. The molecule has 0 radical (unpaired) electrons. The second-order valence-electron chi connectivity index (χ2n) is 6.25. The number of nitrogens with zero attached hydrogens (tertiary/aromatic N) is 2. The predicted octanol–water partition coefficient (Wildman–Crippen LogP) is 3.02. The van der Waals surface area contributed by atoms with Crippen LogP contribution in [-0.4, -0.2) is 31.2 Å². The van der Waals surface area contributed by atoms with Crippen molar-refractivity contribution in [1.29, 1.82) is 0 Å². The number of anilines is 1. The van der Waals surface area contributed by atoms with Gasteiger partial charge in [0.05, 0.1) is 5.75 Å². The van der Waals surface area contributed by atoms with E-state index in [0.717, 1.165) is 22.8 Å². The van der Waals surface area contributed by atoms with Crippen molar-refractivity contribution in [2.24, 2.45) is 5.92 Å². The number of hydrogen-bond donors (Lipinski definition) is 0. The molecule has 0 aliphatic carbocycles. The average molecular weight is 367 g/mol. The van der Waals surface area contributed by atoms with Gasteiger partial charge in [-0.1, -0.05) is 6.07 Å². The van der Waals surface area contributed by atoms with Crippen molar-refractivity contribution < 1.29 is 13.2 Å². The third-order valence-corrected chi connectivity index (χ3v) is 5.56. The largest absolute Gasteiger partial charge is 0.318 e. The fraction of sp³-hybridized carbons (Fsp3) is 0.353. The molecule has 7 heteroatoms. The van der Waals surface area contributed by atoms with Gasteiger partial charge in [-0.3, -0.25) is 4.79 Å². The highest BCUT2D eigenvalue weighted by Crippen LogP contribution is 2.29. The maximum absolute atomic E-state index is 12.3. The van der Waals surface area contributed by atoms with Crippen LogP contribution in [0, 0.1) is 19.8 Å². The van der Waals surface area contributed by atoms with Crippen LogP contribution in [0.1, 0.15) is 17.8 Å². The number of halogens is 1. The van der Waals surface area contributed by atoms with Crippen molar-refractivity contribution in [2.75, 3.05) is 17.2 Å². The first kappa shape index (κ1) is 17.0. The van der Waals surface area contributed by atoms with E-state index in [1.807, 2.05) is 50.2 Å². The maximum atomic E-state index is 12.3. The quantitative estimate of drug-likeness (QED) is 0.781. The number of rotatable bonds is 4. The molecular formula is C17H19ClN2O3S. The van der Waals surface area contributed by atoms with Crippen LogP contribution in [0.2, 0.25) is 0 Å². The number of benzene rings is 1. The highest BCUT2D eigenvalue weighted by molar-refractivity contribution is 8.13. The zero-order valence-electron chi connectivity index (χ0n) is 13.6. The van der Waals surface area contributed by atoms with Crippen LogP contribution in [0.5, 0.6) is 0 Å². The summed E-state index contributed by atoms with van der Waals surface area (Å²) < 4.78 is 24.6. The number of carbonyl (C=O) groups is 1. The second kappa shape index (κ2) is 6.26. The summed E-state index contributed by atoms with van der Waals surface area (Å²) in [6.45, 7) is 4.43. The number of hydrogen-bond acceptors (Lipinski definition) is 3. The molecule has 0 spiro atoms. The fourth-order valence-electron chi connectivity index (χ4n) is 3.30. The Morgan fingerprint density at radius 2 is 1.75 bits per heavy atom. The maximum Gasteiger partial charge on any atom is 0.232 e. The Morgan fingerprint density at radius 3 is 2.38 bits per heavy atom. The lowest BCUT2D eigenvalue weighted by atomic mass is 10.1. The summed E-state index contributed by atoms with van der Waals surface area (Å²) in [5.74, 6) is -0.510. The van der Waals surface area contributed by atoms with Gasteiger partial charge in [-0.25, -0.2) is 8.42 Å². The van der Waals surface area contributed by atoms with Crippen LogP contribution in [-0.2, 0) is 13.8 Å². The number of aryl methyl sites for hydroxylation is 2. The predicted molar refractivity (Wildman–Crippen MR) is 95.3 cm³/mol. The Bertz CT molecular complexity index is 869. The van der Waals surface area contributed by atoms with E-state index in [9.17, 15) is 13.2 Å². The van der Waals surface area contributed by atoms with E-state index in [2.05, 4.69) is 4.57 Å². The van der Waals surface area contributed by atoms with Crippen LogP contribution in [0.15, 0.2) is 36.4 Å². The van der Waals surface area contributed by atoms with Crippen LogP contribution in [0.25, 0.3) is 5.69 Å². The van der Waals surface area contributed by atoms with Gasteiger partial charge in [0.2, 0.25) is 15.0 Å². The molecule has 1 aliphatic heterocycles. The standard InChI is InChI=1S/C17H19ClN2O3S/c1-12-6-7-13(2)20(12)16-5-3-4-15(9-16)19-10-14(8-17(19)21)11-24(18,22)23/h3-7,9,14H,8,10-11H2,1-2H3. The van der Waals surface area contributed by atoms with Crippen LogP contribution >= 0.6 is 10.7 Å². The van der Waals surface area contributed by atoms with Gasteiger partial charge in [0.1, 0.15) is 0 Å². The van der Waals surface area contributed by atoms with Crippen molar-refractivity contribution in [3.8, 4) is 5.69 Å². The topological polar surface area (TPSA) is 59.4 Å². The fourth-order valence-corrected chi connectivity index (χ4v) is 4.62. The Labute approximate surface area is 146 Å². The normalized spacial score (nSPS) is 18.4. The van der Waals surface area contributed by atoms with E-state index in [-0.39, 0.29) is 24.0 Å². The molecule has 1 aromatic heterocycles. The van der Waals surface area contributed by atoms with Crippen LogP contribution in [0.4, 0.5) is 5.69 Å². The van der Waals surface area contributed by atoms with E-state index in [1.54, 1.807) is 4.90 Å². The van der Waals surface area contributed by atoms with Crippen molar-refractivity contribution in [3.05, 3.63) is 47.8 Å². The number of carbonyl (C=O) groups excluding carboxylic acids is 1. The monoisotopic (exact) mass is 366 g/mol. The molecule has 1 aliphatic rings. The first-order valence-corrected chi connectivity index (χ1v) is 10.2. The average Bonchev–Trinajstić information content (AvgIpc) is 3.00. The molecule has 3 rings (SSSR count). The van der Waals surface area contributed by atoms with Crippen molar-refractivity contribution in [3.63, 3.8) is 0 Å². The molecule has 1 saturated heterocycles. The van der Waals surface area contributed by atoms with Gasteiger partial charge in [-0.15, -0.1) is 0 Å². The summed E-state index contributed by atoms with van der Waals surface area (Å²) >= 11 is 0. The van der Waals surface area contributed by atoms with E-state index < -0.39 is 9.05 Å². The molecule has 1 aromatic carbocycles. The lowest BCUT2D eigenvalue weighted by Crippen LogP contribution is -2.25. The van der Waals surface area contributed by atoms with Gasteiger partial charge in [0.25, 0.3) is 0 Å². The molecule has 24 heavy (non-hydrogen) atoms. The van der Waals surface area contributed by atoms with Gasteiger partial charge >= 0.3 is 0 Å². The van der Waals surface area contributed by atoms with E-state index in [4.69, 9.17) is 10.7 Å². The smallest absolute Gasteiger partial charge is 0.232 e. The Kier molecular flexibility index (Phi) is 4.44. The summed E-state index contributed by atoms with van der Waals surface area (Å²) in [4.78, 5) is 13.9. The van der Waals surface area contributed by atoms with Gasteiger partial charge < -0.3 is 9.47 Å². The molecule has 0 N–H and O–H groups in total. The summed E-state index contributed by atoms with van der Waals surface area (Å²) in [6, 6.07) is 11.8. The number of aromatic nitrogens is 1. The zero-order chi connectivity index (χ0) is 17.5. The van der Waals surface area contributed by atoms with E-state index in [0.29, 0.717) is 6.54 Å². The Balaban J connectivity index is 1.88. The van der Waals surface area contributed by atoms with Gasteiger partial charge in [-0.2, -0.15) is 0 Å². The van der Waals surface area contributed by atoms with Gasteiger partial charge in [-0.05, 0) is 44.2 Å². The molecule has 1 fully saturated rings. The highest BCUT2D eigenvalue weighted by atomic mass is 35.7. The van der Waals surface area contributed by atoms with Gasteiger partial charge in [0, 0.05) is 52.3 Å². The molecule has 1 unspecified atom stereocenters. The number of amides is 1. The lowest BCUT2D eigenvalue weighted by molar-refractivity contribution is -0.117. The first-order valence-electron chi connectivity index (χ1n) is 7.73. The van der Waals surface area contributed by atoms with Gasteiger partial charge in [0.15, 0.2) is 0 Å². The lowest BCUT2D eigenvalue weighted by Gasteiger charge is -2.19. The highest BCUT2D eigenvalue weighted by Gasteiger charge is 2.33. The van der Waals surface area contributed by atoms with Crippen molar-refractivity contribution >= 4 is 31.3 Å². The summed E-state index contributed by atoms with van der Waals surface area (Å²) in [7, 11) is 1.72. The molecule has 0 bridgehead atoms. The molecule has 2 aromatic rings. The minimum atomic E-state index is -3.60. The minimum absolute atomic E-state index is 0.0709. The summed E-state index contributed by atoms with van der Waals surface area (Å²) in [5.41, 5.74) is 3.99. The molecule has 0 saturated carbocycles. The molecule has 1 atom stereocenters. The first-order chi connectivity index (χ1) is 11.2. The molecule has 5 nitrogen and oxygen atoms in total. The minimum Gasteiger partial charge on any atom is -0.318 e. The zero-order valence-corrected chi connectivity index (χ0v) is 15.1. The second-order valence-corrected chi connectivity index (χ2v) is 9.07.